The molecule has 2 aromatic rings. The fourth-order valence-electron chi connectivity index (χ4n) is 1.77. The summed E-state index contributed by atoms with van der Waals surface area (Å²) in [7, 11) is 0. The van der Waals surface area contributed by atoms with Gasteiger partial charge < -0.3 is 9.84 Å². The van der Waals surface area contributed by atoms with Gasteiger partial charge in [-0.1, -0.05) is 17.7 Å². The molecule has 1 atom stereocenters. The second kappa shape index (κ2) is 6.20. The van der Waals surface area contributed by atoms with Gasteiger partial charge in [0.2, 0.25) is 0 Å². The zero-order valence-electron chi connectivity index (χ0n) is 10.7. The standard InChI is InChI=1S/C15H13ClF2O2/c1-9(19)13-7-12(17)4-5-15(13)20-8-10-2-3-11(16)6-14(10)18/h2-7,9,19H,8H2,1H3/t9-/m1/s1. The lowest BCUT2D eigenvalue weighted by Crippen LogP contribution is -2.03. The molecular weight excluding hydrogens is 286 g/mol. The molecule has 0 radical (unpaired) electrons. The van der Waals surface area contributed by atoms with E-state index >= 15 is 0 Å². The zero-order chi connectivity index (χ0) is 14.7. The topological polar surface area (TPSA) is 29.5 Å². The smallest absolute Gasteiger partial charge is 0.131 e. The fourth-order valence-corrected chi connectivity index (χ4v) is 1.93. The van der Waals surface area contributed by atoms with Crippen molar-refractivity contribution >= 4 is 11.6 Å². The van der Waals surface area contributed by atoms with Crippen molar-refractivity contribution in [1.82, 2.24) is 0 Å². The molecule has 20 heavy (non-hydrogen) atoms. The summed E-state index contributed by atoms with van der Waals surface area (Å²) >= 11 is 5.66. The molecule has 5 heteroatoms. The third kappa shape index (κ3) is 3.46. The molecule has 0 aliphatic heterocycles. The highest BCUT2D eigenvalue weighted by atomic mass is 35.5. The Labute approximate surface area is 120 Å². The largest absolute Gasteiger partial charge is 0.488 e. The van der Waals surface area contributed by atoms with Crippen LogP contribution in [0.4, 0.5) is 8.78 Å². The van der Waals surface area contributed by atoms with Crippen LogP contribution in [0, 0.1) is 11.6 Å². The monoisotopic (exact) mass is 298 g/mol. The maximum absolute atomic E-state index is 13.6. The molecule has 2 aromatic carbocycles. The lowest BCUT2D eigenvalue weighted by Gasteiger charge is -2.14. The number of halogens is 3. The molecule has 1 N–H and O–H groups in total. The molecule has 2 rings (SSSR count). The van der Waals surface area contributed by atoms with Crippen LogP contribution in [-0.4, -0.2) is 5.11 Å². The van der Waals surface area contributed by atoms with Gasteiger partial charge in [-0.05, 0) is 37.3 Å². The van der Waals surface area contributed by atoms with E-state index in [1.165, 1.54) is 37.3 Å². The van der Waals surface area contributed by atoms with Crippen molar-refractivity contribution in [3.8, 4) is 5.75 Å². The average molecular weight is 299 g/mol. The molecule has 2 nitrogen and oxygen atoms in total. The number of hydrogen-bond acceptors (Lipinski definition) is 2. The molecule has 0 spiro atoms. The van der Waals surface area contributed by atoms with E-state index in [1.54, 1.807) is 6.07 Å². The first-order chi connectivity index (χ1) is 9.47. The normalized spacial score (nSPS) is 12.2. The molecule has 0 heterocycles. The quantitative estimate of drug-likeness (QED) is 0.914. The van der Waals surface area contributed by atoms with E-state index in [0.717, 1.165) is 0 Å². The first-order valence-corrected chi connectivity index (χ1v) is 6.39. The Morgan fingerprint density at radius 1 is 1.20 bits per heavy atom. The molecule has 0 saturated heterocycles. The highest BCUT2D eigenvalue weighted by Crippen LogP contribution is 2.27. The van der Waals surface area contributed by atoms with E-state index in [-0.39, 0.29) is 6.61 Å². The summed E-state index contributed by atoms with van der Waals surface area (Å²) in [6.07, 6.45) is -0.879. The van der Waals surface area contributed by atoms with Crippen molar-refractivity contribution in [2.45, 2.75) is 19.6 Å². The van der Waals surface area contributed by atoms with Crippen molar-refractivity contribution in [3.05, 3.63) is 64.2 Å². The molecule has 0 aliphatic carbocycles. The molecular formula is C15H13ClF2O2. The second-order valence-electron chi connectivity index (χ2n) is 4.38. The molecule has 0 fully saturated rings. The fraction of sp³-hybridized carbons (Fsp3) is 0.200. The summed E-state index contributed by atoms with van der Waals surface area (Å²) in [4.78, 5) is 0. The maximum atomic E-state index is 13.6. The first-order valence-electron chi connectivity index (χ1n) is 6.01. The van der Waals surface area contributed by atoms with Crippen LogP contribution in [0.1, 0.15) is 24.2 Å². The molecule has 0 aliphatic rings. The minimum atomic E-state index is -0.879. The average Bonchev–Trinajstić information content (AvgIpc) is 2.38. The number of aliphatic hydroxyl groups excluding tert-OH is 1. The SMILES string of the molecule is C[C@@H](O)c1cc(F)ccc1OCc1ccc(Cl)cc1F. The van der Waals surface area contributed by atoms with E-state index in [4.69, 9.17) is 16.3 Å². The van der Waals surface area contributed by atoms with E-state index in [1.807, 2.05) is 0 Å². The summed E-state index contributed by atoms with van der Waals surface area (Å²) in [5.41, 5.74) is 0.648. The van der Waals surface area contributed by atoms with Crippen LogP contribution in [0.5, 0.6) is 5.75 Å². The van der Waals surface area contributed by atoms with Gasteiger partial charge in [0.1, 0.15) is 24.0 Å². The number of hydrogen-bond donors (Lipinski definition) is 1. The molecule has 0 bridgehead atoms. The summed E-state index contributed by atoms with van der Waals surface area (Å²) in [5.74, 6) is -0.625. The van der Waals surface area contributed by atoms with E-state index < -0.39 is 17.7 Å². The van der Waals surface area contributed by atoms with Crippen LogP contribution in [0.25, 0.3) is 0 Å². The van der Waals surface area contributed by atoms with Crippen LogP contribution in [0.3, 0.4) is 0 Å². The Morgan fingerprint density at radius 3 is 2.60 bits per heavy atom. The van der Waals surface area contributed by atoms with Gasteiger partial charge in [-0.25, -0.2) is 8.78 Å². The van der Waals surface area contributed by atoms with Gasteiger partial charge in [0, 0.05) is 16.1 Å². The van der Waals surface area contributed by atoms with E-state index in [9.17, 15) is 13.9 Å². The number of rotatable bonds is 4. The summed E-state index contributed by atoms with van der Waals surface area (Å²) < 4.78 is 32.2. The highest BCUT2D eigenvalue weighted by Gasteiger charge is 2.12. The predicted molar refractivity (Wildman–Crippen MR) is 72.8 cm³/mol. The Bertz CT molecular complexity index is 615. The molecule has 0 aromatic heterocycles. The molecule has 106 valence electrons. The third-order valence-electron chi connectivity index (χ3n) is 2.82. The Hall–Kier alpha value is -1.65. The lowest BCUT2D eigenvalue weighted by atomic mass is 10.1. The van der Waals surface area contributed by atoms with Crippen LogP contribution < -0.4 is 4.74 Å². The van der Waals surface area contributed by atoms with E-state index in [0.29, 0.717) is 21.9 Å². The zero-order valence-corrected chi connectivity index (χ0v) is 11.5. The van der Waals surface area contributed by atoms with Crippen molar-refractivity contribution in [1.29, 1.82) is 0 Å². The van der Waals surface area contributed by atoms with Crippen LogP contribution >= 0.6 is 11.6 Å². The third-order valence-corrected chi connectivity index (χ3v) is 3.06. The number of benzene rings is 2. The second-order valence-corrected chi connectivity index (χ2v) is 4.82. The van der Waals surface area contributed by atoms with Gasteiger partial charge in [-0.15, -0.1) is 0 Å². The number of aliphatic hydroxyl groups is 1. The first kappa shape index (κ1) is 14.8. The Balaban J connectivity index is 2.18. The number of ether oxygens (including phenoxy) is 1. The van der Waals surface area contributed by atoms with Gasteiger partial charge in [-0.2, -0.15) is 0 Å². The summed E-state index contributed by atoms with van der Waals surface area (Å²) in [6.45, 7) is 1.47. The molecule has 0 saturated carbocycles. The molecule has 0 unspecified atom stereocenters. The van der Waals surface area contributed by atoms with Gasteiger partial charge in [0.15, 0.2) is 0 Å². The van der Waals surface area contributed by atoms with Crippen LogP contribution in [-0.2, 0) is 6.61 Å². The summed E-state index contributed by atoms with van der Waals surface area (Å²) in [5, 5.41) is 9.88. The van der Waals surface area contributed by atoms with Crippen LogP contribution in [0.15, 0.2) is 36.4 Å². The Kier molecular flexibility index (Phi) is 4.57. The highest BCUT2D eigenvalue weighted by molar-refractivity contribution is 6.30. The van der Waals surface area contributed by atoms with Gasteiger partial charge in [0.05, 0.1) is 6.10 Å². The van der Waals surface area contributed by atoms with Gasteiger partial charge in [-0.3, -0.25) is 0 Å². The minimum absolute atomic E-state index is 0.0334. The van der Waals surface area contributed by atoms with Crippen molar-refractivity contribution in [2.75, 3.05) is 0 Å². The van der Waals surface area contributed by atoms with Crippen molar-refractivity contribution in [3.63, 3.8) is 0 Å². The molecule has 0 amide bonds. The Morgan fingerprint density at radius 2 is 1.95 bits per heavy atom. The summed E-state index contributed by atoms with van der Waals surface area (Å²) in [6, 6.07) is 8.09. The van der Waals surface area contributed by atoms with Crippen molar-refractivity contribution in [2.24, 2.45) is 0 Å². The maximum Gasteiger partial charge on any atom is 0.131 e. The van der Waals surface area contributed by atoms with Crippen molar-refractivity contribution < 1.29 is 18.6 Å². The minimum Gasteiger partial charge on any atom is -0.488 e. The van der Waals surface area contributed by atoms with Gasteiger partial charge in [0.25, 0.3) is 0 Å². The van der Waals surface area contributed by atoms with Crippen LogP contribution in [0.2, 0.25) is 5.02 Å². The predicted octanol–water partition coefficient (Wildman–Crippen LogP) is 4.25. The lowest BCUT2D eigenvalue weighted by molar-refractivity contribution is 0.189. The van der Waals surface area contributed by atoms with E-state index in [2.05, 4.69) is 0 Å². The van der Waals surface area contributed by atoms with Gasteiger partial charge >= 0.3 is 0 Å².